The minimum absolute atomic E-state index is 0.129. The zero-order valence-corrected chi connectivity index (χ0v) is 20.2. The van der Waals surface area contributed by atoms with Gasteiger partial charge in [0.25, 0.3) is 0 Å². The summed E-state index contributed by atoms with van der Waals surface area (Å²) in [4.78, 5) is 42.1. The van der Waals surface area contributed by atoms with Crippen LogP contribution in [-0.4, -0.2) is 44.1 Å². The number of hydrogen-bond acceptors (Lipinski definition) is 7. The number of anilines is 1. The zero-order valence-electron chi connectivity index (χ0n) is 20.2. The molecule has 0 unspecified atom stereocenters. The van der Waals surface area contributed by atoms with Crippen LogP contribution in [-0.2, 0) is 19.1 Å². The molecule has 0 saturated carbocycles. The molecule has 2 aliphatic heterocycles. The fourth-order valence-corrected chi connectivity index (χ4v) is 5.36. The van der Waals surface area contributed by atoms with E-state index in [1.165, 1.54) is 38.5 Å². The van der Waals surface area contributed by atoms with Crippen molar-refractivity contribution in [2.45, 2.75) is 38.3 Å². The molecule has 35 heavy (non-hydrogen) atoms. The largest absolute Gasteiger partial charge is 0.497 e. The summed E-state index contributed by atoms with van der Waals surface area (Å²) in [6, 6.07) is 9.63. The maximum absolute atomic E-state index is 13.8. The van der Waals surface area contributed by atoms with Crippen molar-refractivity contribution in [3.8, 4) is 11.5 Å². The van der Waals surface area contributed by atoms with E-state index in [0.29, 0.717) is 23.5 Å². The van der Waals surface area contributed by atoms with Crippen LogP contribution in [0.5, 0.6) is 11.5 Å². The second kappa shape index (κ2) is 9.65. The lowest BCUT2D eigenvalue weighted by Gasteiger charge is -2.32. The Balaban J connectivity index is 1.88. The Kier molecular flexibility index (Phi) is 6.80. The molecule has 2 saturated heterocycles. The fourth-order valence-electron chi connectivity index (χ4n) is 5.36. The van der Waals surface area contributed by atoms with Gasteiger partial charge in [-0.3, -0.25) is 19.7 Å². The van der Waals surface area contributed by atoms with E-state index < -0.39 is 47.0 Å². The van der Waals surface area contributed by atoms with E-state index in [1.54, 1.807) is 25.1 Å². The van der Waals surface area contributed by atoms with Crippen molar-refractivity contribution in [2.75, 3.05) is 25.7 Å². The van der Waals surface area contributed by atoms with Crippen molar-refractivity contribution in [3.05, 3.63) is 53.8 Å². The second-order valence-corrected chi connectivity index (χ2v) is 8.66. The molecule has 8 nitrogen and oxygen atoms in total. The van der Waals surface area contributed by atoms with Gasteiger partial charge >= 0.3 is 5.97 Å². The molecule has 2 amide bonds. The van der Waals surface area contributed by atoms with Crippen LogP contribution in [0.2, 0.25) is 0 Å². The van der Waals surface area contributed by atoms with E-state index in [1.807, 2.05) is 6.92 Å². The SMILES string of the molecule is CCC[C@]1(C(=O)OCC)N[C@H](c2ccc(OC)cc2OC)[C@@H]2C(=O)N(c3ccc(F)cc3)C(=O)[C@@H]21. The lowest BCUT2D eigenvalue weighted by atomic mass is 9.77. The smallest absolute Gasteiger partial charge is 0.327 e. The maximum atomic E-state index is 13.8. The molecule has 0 bridgehead atoms. The normalized spacial score (nSPS) is 25.5. The number of benzene rings is 2. The molecule has 0 aliphatic carbocycles. The molecule has 4 atom stereocenters. The van der Waals surface area contributed by atoms with Crippen molar-refractivity contribution >= 4 is 23.5 Å². The lowest BCUT2D eigenvalue weighted by molar-refractivity contribution is -0.155. The number of rotatable bonds is 8. The summed E-state index contributed by atoms with van der Waals surface area (Å²) >= 11 is 0. The number of nitrogens with one attached hydrogen (secondary N) is 1. The van der Waals surface area contributed by atoms with Crippen molar-refractivity contribution in [1.82, 2.24) is 5.32 Å². The highest BCUT2D eigenvalue weighted by Gasteiger charge is 2.68. The Morgan fingerprint density at radius 1 is 1.06 bits per heavy atom. The molecule has 2 aromatic rings. The minimum atomic E-state index is -1.41. The highest BCUT2D eigenvalue weighted by atomic mass is 19.1. The van der Waals surface area contributed by atoms with Crippen molar-refractivity contribution in [3.63, 3.8) is 0 Å². The van der Waals surface area contributed by atoms with Crippen LogP contribution >= 0.6 is 0 Å². The molecule has 4 rings (SSSR count). The molecule has 0 spiro atoms. The summed E-state index contributed by atoms with van der Waals surface area (Å²) in [6.45, 7) is 3.72. The Bertz CT molecular complexity index is 1140. The van der Waals surface area contributed by atoms with Gasteiger partial charge in [0, 0.05) is 17.7 Å². The third-order valence-corrected chi connectivity index (χ3v) is 6.80. The van der Waals surface area contributed by atoms with Gasteiger partial charge < -0.3 is 14.2 Å². The number of halogens is 1. The van der Waals surface area contributed by atoms with Crippen molar-refractivity contribution in [1.29, 1.82) is 0 Å². The number of methoxy groups -OCH3 is 2. The highest BCUT2D eigenvalue weighted by molar-refractivity contribution is 6.24. The number of amides is 2. The Labute approximate surface area is 203 Å². The summed E-state index contributed by atoms with van der Waals surface area (Å²) in [5.41, 5.74) is -0.537. The number of carbonyl (C=O) groups excluding carboxylic acids is 3. The van der Waals surface area contributed by atoms with E-state index in [4.69, 9.17) is 14.2 Å². The average Bonchev–Trinajstić information content (AvgIpc) is 3.33. The van der Waals surface area contributed by atoms with Crippen molar-refractivity contribution in [2.24, 2.45) is 11.8 Å². The number of hydrogen-bond donors (Lipinski definition) is 1. The van der Waals surface area contributed by atoms with Crippen LogP contribution < -0.4 is 19.7 Å². The summed E-state index contributed by atoms with van der Waals surface area (Å²) < 4.78 is 29.9. The molecular weight excluding hydrogens is 455 g/mol. The number of ether oxygens (including phenoxy) is 3. The monoisotopic (exact) mass is 484 g/mol. The van der Waals surface area contributed by atoms with E-state index in [9.17, 15) is 18.8 Å². The zero-order chi connectivity index (χ0) is 25.3. The van der Waals surface area contributed by atoms with Crippen LogP contribution in [0.15, 0.2) is 42.5 Å². The predicted molar refractivity (Wildman–Crippen MR) is 126 cm³/mol. The van der Waals surface area contributed by atoms with Gasteiger partial charge in [-0.1, -0.05) is 19.4 Å². The van der Waals surface area contributed by atoms with Gasteiger partial charge in [-0.15, -0.1) is 0 Å². The van der Waals surface area contributed by atoms with Crippen LogP contribution in [0.3, 0.4) is 0 Å². The second-order valence-electron chi connectivity index (χ2n) is 8.66. The standard InChI is InChI=1S/C26H29FN2O6/c1-5-13-26(25(32)35-6-2)21-20(22(28-26)18-12-11-17(33-3)14-19(18)34-4)23(30)29(24(21)31)16-9-7-15(27)8-10-16/h7-12,14,20-22,28H,5-6,13H2,1-4H3/t20-,21-,22-,26+/m1/s1. The Morgan fingerprint density at radius 2 is 1.77 bits per heavy atom. The predicted octanol–water partition coefficient (Wildman–Crippen LogP) is 3.40. The molecule has 186 valence electrons. The number of esters is 1. The van der Waals surface area contributed by atoms with Crippen LogP contribution in [0.4, 0.5) is 10.1 Å². The van der Waals surface area contributed by atoms with Gasteiger partial charge in [-0.2, -0.15) is 0 Å². The third-order valence-electron chi connectivity index (χ3n) is 6.80. The van der Waals surface area contributed by atoms with E-state index in [2.05, 4.69) is 5.32 Å². The van der Waals surface area contributed by atoms with Crippen LogP contribution in [0.1, 0.15) is 38.3 Å². The van der Waals surface area contributed by atoms with Gasteiger partial charge in [0.1, 0.15) is 22.9 Å². The minimum Gasteiger partial charge on any atom is -0.497 e. The lowest BCUT2D eigenvalue weighted by Crippen LogP contribution is -2.56. The van der Waals surface area contributed by atoms with Crippen LogP contribution in [0.25, 0.3) is 0 Å². The first-order valence-corrected chi connectivity index (χ1v) is 11.6. The van der Waals surface area contributed by atoms with Gasteiger partial charge in [0.2, 0.25) is 11.8 Å². The van der Waals surface area contributed by atoms with Crippen LogP contribution in [0, 0.1) is 17.7 Å². The topological polar surface area (TPSA) is 94.2 Å². The van der Waals surface area contributed by atoms with E-state index in [0.717, 1.165) is 4.90 Å². The fraction of sp³-hybridized carbons (Fsp3) is 0.423. The molecule has 2 fully saturated rings. The Hall–Kier alpha value is -3.46. The summed E-state index contributed by atoms with van der Waals surface area (Å²) in [7, 11) is 3.03. The third kappa shape index (κ3) is 3.93. The first kappa shape index (κ1) is 24.7. The number of carbonyl (C=O) groups is 3. The first-order chi connectivity index (χ1) is 16.8. The van der Waals surface area contributed by atoms with Gasteiger partial charge in [0.05, 0.1) is 38.3 Å². The summed E-state index contributed by atoms with van der Waals surface area (Å²) in [5, 5.41) is 3.34. The molecule has 0 radical (unpaired) electrons. The van der Waals surface area contributed by atoms with Gasteiger partial charge in [0.15, 0.2) is 0 Å². The number of nitrogens with zero attached hydrogens (tertiary/aromatic N) is 1. The number of imide groups is 1. The van der Waals surface area contributed by atoms with Crippen molar-refractivity contribution < 1.29 is 33.0 Å². The highest BCUT2D eigenvalue weighted by Crippen LogP contribution is 2.53. The maximum Gasteiger partial charge on any atom is 0.327 e. The molecule has 9 heteroatoms. The van der Waals surface area contributed by atoms with Gasteiger partial charge in [-0.05, 0) is 43.7 Å². The van der Waals surface area contributed by atoms with Gasteiger partial charge in [-0.25, -0.2) is 9.29 Å². The molecule has 1 N–H and O–H groups in total. The van der Waals surface area contributed by atoms with E-state index in [-0.39, 0.29) is 18.7 Å². The van der Waals surface area contributed by atoms with E-state index >= 15 is 0 Å². The molecular formula is C26H29FN2O6. The molecule has 0 aromatic heterocycles. The summed E-state index contributed by atoms with van der Waals surface area (Å²) in [6.07, 6.45) is 0.859. The number of fused-ring (bicyclic) bond motifs is 1. The quantitative estimate of drug-likeness (QED) is 0.453. The Morgan fingerprint density at radius 3 is 2.37 bits per heavy atom. The molecule has 2 aliphatic rings. The summed E-state index contributed by atoms with van der Waals surface area (Å²) in [5.74, 6) is -2.93. The first-order valence-electron chi connectivity index (χ1n) is 11.6. The average molecular weight is 485 g/mol. The molecule has 2 aromatic carbocycles. The molecule has 2 heterocycles.